The maximum Gasteiger partial charge on any atom is 0.264 e. The first-order valence-electron chi connectivity index (χ1n) is 5.17. The molecular formula is C11H9FN4O2S. The number of nitriles is 1. The standard InChI is InChI=1S/C11H9FN4O2S/c1-7-6-14-15-11(7)16-19(17,18)10-4-2-3-9(12)8(10)5-13/h2-4,6H,1H3,(H2,14,15,16). The molecule has 0 saturated carbocycles. The van der Waals surface area contributed by atoms with E-state index in [0.29, 0.717) is 5.56 Å². The molecular weight excluding hydrogens is 271 g/mol. The van der Waals surface area contributed by atoms with Gasteiger partial charge in [-0.1, -0.05) is 6.07 Å². The number of nitrogens with one attached hydrogen (secondary N) is 2. The second kappa shape index (κ2) is 4.70. The lowest BCUT2D eigenvalue weighted by Gasteiger charge is -2.08. The summed E-state index contributed by atoms with van der Waals surface area (Å²) in [5.74, 6) is -0.708. The van der Waals surface area contributed by atoms with Crippen LogP contribution in [0.3, 0.4) is 0 Å². The number of H-pyrrole nitrogens is 1. The van der Waals surface area contributed by atoms with Crippen molar-refractivity contribution in [1.29, 1.82) is 5.26 Å². The van der Waals surface area contributed by atoms with Crippen LogP contribution >= 0.6 is 0 Å². The topological polar surface area (TPSA) is 98.6 Å². The molecule has 0 spiro atoms. The summed E-state index contributed by atoms with van der Waals surface area (Å²) in [6.07, 6.45) is 1.44. The second-order valence-electron chi connectivity index (χ2n) is 3.76. The van der Waals surface area contributed by atoms with Gasteiger partial charge in [-0.2, -0.15) is 10.4 Å². The first-order chi connectivity index (χ1) is 8.95. The van der Waals surface area contributed by atoms with E-state index in [1.165, 1.54) is 12.3 Å². The minimum Gasteiger partial charge on any atom is -0.263 e. The summed E-state index contributed by atoms with van der Waals surface area (Å²) in [4.78, 5) is -0.413. The Balaban J connectivity index is 2.50. The molecule has 6 nitrogen and oxygen atoms in total. The van der Waals surface area contributed by atoms with Gasteiger partial charge in [0.2, 0.25) is 0 Å². The number of nitrogens with zero attached hydrogens (tertiary/aromatic N) is 2. The summed E-state index contributed by atoms with van der Waals surface area (Å²) in [5, 5.41) is 15.0. The van der Waals surface area contributed by atoms with Crippen molar-refractivity contribution in [2.45, 2.75) is 11.8 Å². The highest BCUT2D eigenvalue weighted by Crippen LogP contribution is 2.21. The van der Waals surface area contributed by atoms with Crippen molar-refractivity contribution in [3.8, 4) is 6.07 Å². The van der Waals surface area contributed by atoms with Crippen LogP contribution in [0, 0.1) is 24.1 Å². The lowest BCUT2D eigenvalue weighted by Crippen LogP contribution is -2.16. The van der Waals surface area contributed by atoms with Crippen LogP contribution in [0.4, 0.5) is 10.2 Å². The number of hydrogen-bond donors (Lipinski definition) is 2. The molecule has 19 heavy (non-hydrogen) atoms. The molecule has 0 amide bonds. The highest BCUT2D eigenvalue weighted by molar-refractivity contribution is 7.92. The Morgan fingerprint density at radius 1 is 1.47 bits per heavy atom. The highest BCUT2D eigenvalue weighted by Gasteiger charge is 2.22. The monoisotopic (exact) mass is 280 g/mol. The number of rotatable bonds is 3. The lowest BCUT2D eigenvalue weighted by molar-refractivity contribution is 0.593. The SMILES string of the molecule is Cc1cn[nH]c1NS(=O)(=O)c1cccc(F)c1C#N. The Labute approximate surface area is 108 Å². The largest absolute Gasteiger partial charge is 0.264 e. The van der Waals surface area contributed by atoms with Gasteiger partial charge in [-0.3, -0.25) is 9.82 Å². The maximum atomic E-state index is 13.4. The number of sulfonamides is 1. The van der Waals surface area contributed by atoms with E-state index < -0.39 is 26.3 Å². The predicted molar refractivity (Wildman–Crippen MR) is 65.2 cm³/mol. The Kier molecular flexibility index (Phi) is 3.23. The Hall–Kier alpha value is -2.40. The number of hydrogen-bond acceptors (Lipinski definition) is 4. The number of aromatic amines is 1. The van der Waals surface area contributed by atoms with Crippen LogP contribution in [0.15, 0.2) is 29.3 Å². The predicted octanol–water partition coefficient (Wildman–Crippen LogP) is 1.53. The second-order valence-corrected chi connectivity index (χ2v) is 5.41. The summed E-state index contributed by atoms with van der Waals surface area (Å²) in [5.41, 5.74) is 0.0608. The van der Waals surface area contributed by atoms with E-state index in [1.54, 1.807) is 13.0 Å². The minimum absolute atomic E-state index is 0.174. The number of halogens is 1. The van der Waals surface area contributed by atoms with Gasteiger partial charge in [0.15, 0.2) is 0 Å². The van der Waals surface area contributed by atoms with E-state index in [0.717, 1.165) is 12.1 Å². The van der Waals surface area contributed by atoms with E-state index in [2.05, 4.69) is 14.9 Å². The highest BCUT2D eigenvalue weighted by atomic mass is 32.2. The third kappa shape index (κ3) is 2.41. The molecule has 0 radical (unpaired) electrons. The molecule has 0 saturated heterocycles. The molecule has 8 heteroatoms. The van der Waals surface area contributed by atoms with Crippen LogP contribution in [-0.4, -0.2) is 18.6 Å². The van der Waals surface area contributed by atoms with E-state index in [9.17, 15) is 12.8 Å². The normalized spacial score (nSPS) is 11.0. The summed E-state index contributed by atoms with van der Waals surface area (Å²) >= 11 is 0. The zero-order chi connectivity index (χ0) is 14.0. The van der Waals surface area contributed by atoms with Gasteiger partial charge in [-0.25, -0.2) is 12.8 Å². The molecule has 0 unspecified atom stereocenters. The summed E-state index contributed by atoms with van der Waals surface area (Å²) in [7, 11) is -4.05. The maximum absolute atomic E-state index is 13.4. The fraction of sp³-hybridized carbons (Fsp3) is 0.0909. The van der Waals surface area contributed by atoms with Crippen molar-refractivity contribution < 1.29 is 12.8 Å². The van der Waals surface area contributed by atoms with Crippen LogP contribution in [0.2, 0.25) is 0 Å². The van der Waals surface area contributed by atoms with Gasteiger partial charge in [-0.05, 0) is 19.1 Å². The van der Waals surface area contributed by atoms with Crippen LogP contribution < -0.4 is 4.72 Å². The van der Waals surface area contributed by atoms with Crippen molar-refractivity contribution in [2.75, 3.05) is 4.72 Å². The first kappa shape index (κ1) is 13.0. The van der Waals surface area contributed by atoms with Crippen molar-refractivity contribution in [3.05, 3.63) is 41.3 Å². The average molecular weight is 280 g/mol. The zero-order valence-electron chi connectivity index (χ0n) is 9.81. The number of benzene rings is 1. The van der Waals surface area contributed by atoms with Crippen LogP contribution in [0.5, 0.6) is 0 Å². The van der Waals surface area contributed by atoms with E-state index in [4.69, 9.17) is 5.26 Å². The van der Waals surface area contributed by atoms with Crippen molar-refractivity contribution in [2.24, 2.45) is 0 Å². The van der Waals surface area contributed by atoms with E-state index >= 15 is 0 Å². The van der Waals surface area contributed by atoms with Crippen molar-refractivity contribution in [3.63, 3.8) is 0 Å². The molecule has 1 aromatic heterocycles. The van der Waals surface area contributed by atoms with Crippen molar-refractivity contribution >= 4 is 15.8 Å². The number of aryl methyl sites for hydroxylation is 1. The van der Waals surface area contributed by atoms with Crippen LogP contribution in [-0.2, 0) is 10.0 Å². The molecule has 2 N–H and O–H groups in total. The van der Waals surface area contributed by atoms with Gasteiger partial charge < -0.3 is 0 Å². The van der Waals surface area contributed by atoms with Gasteiger partial charge in [0.05, 0.1) is 6.20 Å². The van der Waals surface area contributed by atoms with E-state index in [1.807, 2.05) is 0 Å². The fourth-order valence-electron chi connectivity index (χ4n) is 1.48. The average Bonchev–Trinajstić information content (AvgIpc) is 2.74. The lowest BCUT2D eigenvalue weighted by atomic mass is 10.2. The Bertz CT molecular complexity index is 761. The zero-order valence-corrected chi connectivity index (χ0v) is 10.6. The third-order valence-corrected chi connectivity index (χ3v) is 3.83. The summed E-state index contributed by atoms with van der Waals surface area (Å²) in [6, 6.07) is 4.96. The Morgan fingerprint density at radius 2 is 2.21 bits per heavy atom. The molecule has 2 rings (SSSR count). The fourth-order valence-corrected chi connectivity index (χ4v) is 2.73. The molecule has 0 aliphatic carbocycles. The minimum atomic E-state index is -4.05. The molecule has 0 atom stereocenters. The van der Waals surface area contributed by atoms with Gasteiger partial charge in [0.1, 0.15) is 28.2 Å². The molecule has 0 bridgehead atoms. The molecule has 2 aromatic rings. The molecule has 0 fully saturated rings. The first-order valence-corrected chi connectivity index (χ1v) is 6.65. The third-order valence-electron chi connectivity index (χ3n) is 2.44. The summed E-state index contributed by atoms with van der Waals surface area (Å²) in [6.45, 7) is 1.65. The van der Waals surface area contributed by atoms with E-state index in [-0.39, 0.29) is 5.82 Å². The van der Waals surface area contributed by atoms with Gasteiger partial charge in [0, 0.05) is 5.56 Å². The quantitative estimate of drug-likeness (QED) is 0.890. The Morgan fingerprint density at radius 3 is 2.79 bits per heavy atom. The van der Waals surface area contributed by atoms with Gasteiger partial charge in [0.25, 0.3) is 10.0 Å². The molecule has 0 aliphatic heterocycles. The molecule has 0 aliphatic rings. The summed E-state index contributed by atoms with van der Waals surface area (Å²) < 4.78 is 39.8. The molecule has 1 heterocycles. The molecule has 1 aromatic carbocycles. The number of anilines is 1. The van der Waals surface area contributed by atoms with Gasteiger partial charge >= 0.3 is 0 Å². The smallest absolute Gasteiger partial charge is 0.263 e. The van der Waals surface area contributed by atoms with Gasteiger partial charge in [-0.15, -0.1) is 0 Å². The van der Waals surface area contributed by atoms with Crippen LogP contribution in [0.25, 0.3) is 0 Å². The number of aromatic nitrogens is 2. The van der Waals surface area contributed by atoms with Crippen LogP contribution in [0.1, 0.15) is 11.1 Å². The van der Waals surface area contributed by atoms with Crippen molar-refractivity contribution in [1.82, 2.24) is 10.2 Å². The molecule has 98 valence electrons.